The average Bonchev–Trinajstić information content (AvgIpc) is 2.36. The Kier molecular flexibility index (Phi) is 7.60. The molecule has 1 aromatic rings. The van der Waals surface area contributed by atoms with Crippen molar-refractivity contribution < 1.29 is 14.6 Å². The molecule has 1 N–H and O–H groups in total. The Morgan fingerprint density at radius 2 is 2.00 bits per heavy atom. The summed E-state index contributed by atoms with van der Waals surface area (Å²) in [6.45, 7) is 3.06. The Hall–Kier alpha value is -0.940. The molecule has 0 amide bonds. The molecule has 4 heteroatoms. The summed E-state index contributed by atoms with van der Waals surface area (Å²) >= 11 is 0. The number of ether oxygens (including phenoxy) is 2. The van der Waals surface area contributed by atoms with Crippen molar-refractivity contribution in [2.24, 2.45) is 0 Å². The second-order valence-electron chi connectivity index (χ2n) is 4.41. The molecular weight excluding hydrogens is 230 g/mol. The first-order chi connectivity index (χ1) is 8.72. The van der Waals surface area contributed by atoms with Gasteiger partial charge < -0.3 is 19.5 Å². The molecule has 1 aromatic carbocycles. The lowest BCUT2D eigenvalue weighted by Gasteiger charge is -2.19. The van der Waals surface area contributed by atoms with Gasteiger partial charge in [-0.15, -0.1) is 0 Å². The van der Waals surface area contributed by atoms with Gasteiger partial charge in [-0.3, -0.25) is 0 Å². The molecule has 102 valence electrons. The Morgan fingerprint density at radius 1 is 1.28 bits per heavy atom. The van der Waals surface area contributed by atoms with Crippen LogP contribution in [0.5, 0.6) is 0 Å². The maximum Gasteiger partial charge on any atom is 0.0899 e. The highest BCUT2D eigenvalue weighted by Gasteiger charge is 2.07. The van der Waals surface area contributed by atoms with Gasteiger partial charge in [0.25, 0.3) is 0 Å². The van der Waals surface area contributed by atoms with E-state index in [-0.39, 0.29) is 0 Å². The van der Waals surface area contributed by atoms with Gasteiger partial charge in [-0.2, -0.15) is 0 Å². The number of nitrogens with zero attached hydrogens (tertiary/aromatic N) is 1. The molecule has 0 heterocycles. The summed E-state index contributed by atoms with van der Waals surface area (Å²) in [5.74, 6) is 0. The van der Waals surface area contributed by atoms with E-state index in [1.165, 1.54) is 5.56 Å². The summed E-state index contributed by atoms with van der Waals surface area (Å²) in [7, 11) is 3.55. The van der Waals surface area contributed by atoms with Crippen LogP contribution in [-0.2, 0) is 16.1 Å². The Morgan fingerprint density at radius 3 is 2.67 bits per heavy atom. The third-order valence-electron chi connectivity index (χ3n) is 2.61. The van der Waals surface area contributed by atoms with Gasteiger partial charge in [-0.25, -0.2) is 0 Å². The summed E-state index contributed by atoms with van der Waals surface area (Å²) < 4.78 is 10.5. The zero-order valence-corrected chi connectivity index (χ0v) is 11.2. The Balaban J connectivity index is 2.07. The highest BCUT2D eigenvalue weighted by molar-refractivity contribution is 5.13. The van der Waals surface area contributed by atoms with E-state index in [0.717, 1.165) is 6.54 Å². The predicted molar refractivity (Wildman–Crippen MR) is 71.5 cm³/mol. The minimum absolute atomic E-state index is 0.370. The molecule has 0 saturated heterocycles. The van der Waals surface area contributed by atoms with Crippen LogP contribution >= 0.6 is 0 Å². The zero-order chi connectivity index (χ0) is 13.2. The van der Waals surface area contributed by atoms with E-state index in [9.17, 15) is 5.11 Å². The van der Waals surface area contributed by atoms with Crippen LogP contribution in [0.1, 0.15) is 5.56 Å². The monoisotopic (exact) mass is 253 g/mol. The van der Waals surface area contributed by atoms with E-state index >= 15 is 0 Å². The maximum absolute atomic E-state index is 9.55. The molecule has 0 aromatic heterocycles. The van der Waals surface area contributed by atoms with E-state index in [1.807, 2.05) is 42.3 Å². The van der Waals surface area contributed by atoms with Gasteiger partial charge in [-0.05, 0) is 12.6 Å². The van der Waals surface area contributed by atoms with E-state index < -0.39 is 6.10 Å². The fourth-order valence-electron chi connectivity index (χ4n) is 1.68. The van der Waals surface area contributed by atoms with Crippen LogP contribution in [0.4, 0.5) is 0 Å². The summed E-state index contributed by atoms with van der Waals surface area (Å²) in [4.78, 5) is 2.04. The van der Waals surface area contributed by atoms with Crippen LogP contribution in [-0.4, -0.2) is 56.6 Å². The third kappa shape index (κ3) is 6.71. The van der Waals surface area contributed by atoms with Gasteiger partial charge in [0, 0.05) is 20.2 Å². The van der Waals surface area contributed by atoms with Crippen molar-refractivity contribution in [2.75, 3.05) is 40.5 Å². The fourth-order valence-corrected chi connectivity index (χ4v) is 1.68. The first-order valence-electron chi connectivity index (χ1n) is 6.19. The number of methoxy groups -OCH3 is 1. The van der Waals surface area contributed by atoms with Crippen LogP contribution in [0.2, 0.25) is 0 Å². The fraction of sp³-hybridized carbons (Fsp3) is 0.571. The Labute approximate surface area is 109 Å². The van der Waals surface area contributed by atoms with E-state index in [4.69, 9.17) is 9.47 Å². The molecule has 18 heavy (non-hydrogen) atoms. The third-order valence-corrected chi connectivity index (χ3v) is 2.61. The molecule has 0 aliphatic carbocycles. The zero-order valence-electron chi connectivity index (χ0n) is 11.2. The predicted octanol–water partition coefficient (Wildman–Crippen LogP) is 1.14. The van der Waals surface area contributed by atoms with Crippen molar-refractivity contribution in [3.05, 3.63) is 35.9 Å². The quantitative estimate of drug-likeness (QED) is 0.670. The van der Waals surface area contributed by atoms with Crippen molar-refractivity contribution in [3.8, 4) is 0 Å². The SMILES string of the molecule is COCC(O)CN(C)CCOCc1ccccc1. The molecular formula is C14H23NO3. The second-order valence-corrected chi connectivity index (χ2v) is 4.41. The van der Waals surface area contributed by atoms with Crippen molar-refractivity contribution in [3.63, 3.8) is 0 Å². The largest absolute Gasteiger partial charge is 0.389 e. The minimum atomic E-state index is -0.436. The molecule has 0 aliphatic rings. The van der Waals surface area contributed by atoms with Crippen molar-refractivity contribution >= 4 is 0 Å². The van der Waals surface area contributed by atoms with Gasteiger partial charge in [0.05, 0.1) is 25.9 Å². The van der Waals surface area contributed by atoms with Gasteiger partial charge in [-0.1, -0.05) is 30.3 Å². The van der Waals surface area contributed by atoms with Crippen molar-refractivity contribution in [1.29, 1.82) is 0 Å². The number of aliphatic hydroxyl groups is 1. The van der Waals surface area contributed by atoms with E-state index in [1.54, 1.807) is 7.11 Å². The first-order valence-corrected chi connectivity index (χ1v) is 6.19. The van der Waals surface area contributed by atoms with Gasteiger partial charge >= 0.3 is 0 Å². The second kappa shape index (κ2) is 9.05. The van der Waals surface area contributed by atoms with Crippen LogP contribution in [0.15, 0.2) is 30.3 Å². The highest BCUT2D eigenvalue weighted by atomic mass is 16.5. The summed E-state index contributed by atoms with van der Waals surface area (Å²) in [6, 6.07) is 10.1. The summed E-state index contributed by atoms with van der Waals surface area (Å²) in [5.41, 5.74) is 1.18. The number of aliphatic hydroxyl groups excluding tert-OH is 1. The average molecular weight is 253 g/mol. The van der Waals surface area contributed by atoms with Crippen molar-refractivity contribution in [1.82, 2.24) is 4.90 Å². The van der Waals surface area contributed by atoms with E-state index in [2.05, 4.69) is 0 Å². The lowest BCUT2D eigenvalue weighted by molar-refractivity contribution is 0.0332. The number of benzene rings is 1. The molecule has 1 rings (SSSR count). The molecule has 0 bridgehead atoms. The van der Waals surface area contributed by atoms with Crippen LogP contribution in [0, 0.1) is 0 Å². The smallest absolute Gasteiger partial charge is 0.0899 e. The van der Waals surface area contributed by atoms with Crippen LogP contribution < -0.4 is 0 Å². The lowest BCUT2D eigenvalue weighted by atomic mass is 10.2. The van der Waals surface area contributed by atoms with Crippen molar-refractivity contribution in [2.45, 2.75) is 12.7 Å². The first kappa shape index (κ1) is 15.1. The molecule has 1 atom stereocenters. The lowest BCUT2D eigenvalue weighted by Crippen LogP contribution is -2.34. The molecule has 0 spiro atoms. The van der Waals surface area contributed by atoms with E-state index in [0.29, 0.717) is 26.4 Å². The number of likely N-dealkylation sites (N-methyl/N-ethyl adjacent to an activating group) is 1. The Bertz CT molecular complexity index is 305. The number of rotatable bonds is 9. The summed E-state index contributed by atoms with van der Waals surface area (Å²) in [5, 5.41) is 9.55. The highest BCUT2D eigenvalue weighted by Crippen LogP contribution is 2.00. The molecule has 0 radical (unpaired) electrons. The molecule has 1 unspecified atom stereocenters. The molecule has 0 fully saturated rings. The molecule has 4 nitrogen and oxygen atoms in total. The topological polar surface area (TPSA) is 41.9 Å². The molecule has 0 saturated carbocycles. The maximum atomic E-state index is 9.55. The minimum Gasteiger partial charge on any atom is -0.389 e. The van der Waals surface area contributed by atoms with Gasteiger partial charge in [0.1, 0.15) is 0 Å². The van der Waals surface area contributed by atoms with Gasteiger partial charge in [0.2, 0.25) is 0 Å². The van der Waals surface area contributed by atoms with Gasteiger partial charge in [0.15, 0.2) is 0 Å². The molecule has 0 aliphatic heterocycles. The van der Waals surface area contributed by atoms with Crippen LogP contribution in [0.3, 0.4) is 0 Å². The summed E-state index contributed by atoms with van der Waals surface area (Å²) in [6.07, 6.45) is -0.436. The van der Waals surface area contributed by atoms with Crippen LogP contribution in [0.25, 0.3) is 0 Å². The number of hydrogen-bond donors (Lipinski definition) is 1. The standard InChI is InChI=1S/C14H23NO3/c1-15(10-14(16)12-17-2)8-9-18-11-13-6-4-3-5-7-13/h3-7,14,16H,8-12H2,1-2H3. The normalized spacial score (nSPS) is 12.9. The number of hydrogen-bond acceptors (Lipinski definition) is 4.